The standard InChI is InChI=1S/C29H34N2O13/c1-13(25(36)30-15(26(37)38)11-20(33)34)42-27(39)16(32)12-21(35)43-18-6-7-29(40)19-10-14-4-5-17(41-3)23-22(14)28(29,24(18)44-23)8-9-31(19)2/h4-6,13,15-16,19,24,32,40H,7-12H2,1-3H3,(H,30,36)(H,33,34)(H,37,38)/t13-,15+,16-,19-,24-,28-,29+/m0/s1. The molecule has 15 heteroatoms. The molecule has 4 aliphatic rings. The summed E-state index contributed by atoms with van der Waals surface area (Å²) >= 11 is 0. The highest BCUT2D eigenvalue weighted by Gasteiger charge is 2.72. The maximum Gasteiger partial charge on any atom is 0.336 e. The predicted molar refractivity (Wildman–Crippen MR) is 146 cm³/mol. The fourth-order valence-corrected chi connectivity index (χ4v) is 6.97. The summed E-state index contributed by atoms with van der Waals surface area (Å²) in [4.78, 5) is 61.7. The Bertz CT molecular complexity index is 1440. The van der Waals surface area contributed by atoms with Crippen LogP contribution in [0.1, 0.15) is 43.7 Å². The zero-order valence-electron chi connectivity index (χ0n) is 24.3. The van der Waals surface area contributed by atoms with Crippen LogP contribution in [0.5, 0.6) is 11.5 Å². The summed E-state index contributed by atoms with van der Waals surface area (Å²) < 4.78 is 22.4. The molecule has 0 aromatic heterocycles. The topological polar surface area (TPSA) is 218 Å². The Morgan fingerprint density at radius 3 is 2.57 bits per heavy atom. The van der Waals surface area contributed by atoms with Crippen LogP contribution < -0.4 is 14.8 Å². The molecule has 7 atom stereocenters. The largest absolute Gasteiger partial charge is 0.493 e. The molecule has 1 fully saturated rings. The Labute approximate surface area is 251 Å². The second-order valence-corrected chi connectivity index (χ2v) is 11.6. The molecular weight excluding hydrogens is 584 g/mol. The number of likely N-dealkylation sites (tertiary alicyclic amines) is 1. The number of hydrogen-bond acceptors (Lipinski definition) is 12. The lowest BCUT2D eigenvalue weighted by atomic mass is 9.50. The van der Waals surface area contributed by atoms with Gasteiger partial charge in [-0.15, -0.1) is 0 Å². The van der Waals surface area contributed by atoms with Gasteiger partial charge in [-0.25, -0.2) is 9.59 Å². The summed E-state index contributed by atoms with van der Waals surface area (Å²) in [5.74, 6) is -5.47. The number of ether oxygens (including phenoxy) is 4. The molecule has 2 bridgehead atoms. The molecule has 1 spiro atoms. The third-order valence-electron chi connectivity index (χ3n) is 9.08. The lowest BCUT2D eigenvalue weighted by molar-refractivity contribution is -0.172. The van der Waals surface area contributed by atoms with Gasteiger partial charge in [0.05, 0.1) is 31.0 Å². The summed E-state index contributed by atoms with van der Waals surface area (Å²) in [6.45, 7) is 1.74. The summed E-state index contributed by atoms with van der Waals surface area (Å²) in [6, 6.07) is 1.77. The summed E-state index contributed by atoms with van der Waals surface area (Å²) in [6.07, 6.45) is -3.44. The molecule has 1 aromatic carbocycles. The van der Waals surface area contributed by atoms with E-state index in [0.29, 0.717) is 30.9 Å². The van der Waals surface area contributed by atoms with Crippen LogP contribution in [-0.4, -0.2) is 112 Å². The number of rotatable bonds is 11. The van der Waals surface area contributed by atoms with Gasteiger partial charge in [-0.1, -0.05) is 6.07 Å². The molecule has 2 aliphatic carbocycles. The SMILES string of the molecule is COc1ccc2c3c1O[C@H]1C(OC(=O)C[C@H](O)C(=O)O[C@@H](C)C(=O)N[C@H](CC(=O)O)C(=O)O)=CC[C@@]4(O)[C@H](C2)N(C)CC[C@]314. The molecule has 1 amide bonds. The van der Waals surface area contributed by atoms with Crippen molar-refractivity contribution in [3.05, 3.63) is 35.1 Å². The monoisotopic (exact) mass is 618 g/mol. The van der Waals surface area contributed by atoms with Gasteiger partial charge in [-0.05, 0) is 51.1 Å². The number of benzene rings is 1. The van der Waals surface area contributed by atoms with Crippen LogP contribution in [0.3, 0.4) is 0 Å². The number of aliphatic carboxylic acids is 2. The van der Waals surface area contributed by atoms with E-state index < -0.39 is 78.0 Å². The lowest BCUT2D eigenvalue weighted by Crippen LogP contribution is -2.74. The maximum atomic E-state index is 12.9. The molecule has 0 saturated carbocycles. The minimum atomic E-state index is -2.04. The highest BCUT2D eigenvalue weighted by atomic mass is 16.6. The van der Waals surface area contributed by atoms with Crippen LogP contribution in [0, 0.1) is 0 Å². The fourth-order valence-electron chi connectivity index (χ4n) is 6.97. The Kier molecular flexibility index (Phi) is 8.07. The van der Waals surface area contributed by atoms with E-state index in [1.165, 1.54) is 7.11 Å². The number of likely N-dealkylation sites (N-methyl/N-ethyl adjacent to an activating group) is 1. The summed E-state index contributed by atoms with van der Waals surface area (Å²) in [5.41, 5.74) is -0.318. The normalized spacial score (nSPS) is 28.2. The first-order chi connectivity index (χ1) is 20.7. The zero-order valence-corrected chi connectivity index (χ0v) is 24.3. The van der Waals surface area contributed by atoms with Crippen molar-refractivity contribution in [2.45, 2.75) is 80.4 Å². The van der Waals surface area contributed by atoms with Crippen LogP contribution in [0.2, 0.25) is 0 Å². The van der Waals surface area contributed by atoms with Crippen molar-refractivity contribution in [2.24, 2.45) is 0 Å². The van der Waals surface area contributed by atoms with Gasteiger partial charge in [0.2, 0.25) is 0 Å². The Morgan fingerprint density at radius 1 is 1.18 bits per heavy atom. The Morgan fingerprint density at radius 2 is 1.91 bits per heavy atom. The van der Waals surface area contributed by atoms with E-state index >= 15 is 0 Å². The number of nitrogens with one attached hydrogen (secondary N) is 1. The van der Waals surface area contributed by atoms with Gasteiger partial charge < -0.3 is 49.6 Å². The minimum Gasteiger partial charge on any atom is -0.493 e. The van der Waals surface area contributed by atoms with E-state index in [1.807, 2.05) is 18.4 Å². The van der Waals surface area contributed by atoms with Crippen molar-refractivity contribution in [3.63, 3.8) is 0 Å². The quantitative estimate of drug-likeness (QED) is 0.193. The molecule has 1 saturated heterocycles. The molecule has 238 valence electrons. The van der Waals surface area contributed by atoms with Gasteiger partial charge >= 0.3 is 23.9 Å². The molecule has 5 N–H and O–H groups in total. The van der Waals surface area contributed by atoms with Gasteiger partial charge in [-0.2, -0.15) is 0 Å². The van der Waals surface area contributed by atoms with Crippen LogP contribution in [0.15, 0.2) is 24.0 Å². The number of carbonyl (C=O) groups is 5. The number of amides is 1. The number of carboxylic acid groups (broad SMARTS) is 2. The smallest absolute Gasteiger partial charge is 0.336 e. The molecule has 44 heavy (non-hydrogen) atoms. The first-order valence-corrected chi connectivity index (χ1v) is 14.1. The van der Waals surface area contributed by atoms with Crippen LogP contribution in [0.4, 0.5) is 0 Å². The van der Waals surface area contributed by atoms with Gasteiger partial charge in [0, 0.05) is 18.0 Å². The van der Waals surface area contributed by atoms with E-state index in [-0.39, 0.29) is 18.2 Å². The molecule has 5 rings (SSSR count). The average Bonchev–Trinajstić information content (AvgIpc) is 3.31. The van der Waals surface area contributed by atoms with Crippen LogP contribution in [0.25, 0.3) is 0 Å². The van der Waals surface area contributed by atoms with Gasteiger partial charge in [0.15, 0.2) is 29.8 Å². The van der Waals surface area contributed by atoms with Crippen LogP contribution in [-0.2, 0) is 45.3 Å². The van der Waals surface area contributed by atoms with Gasteiger partial charge in [0.25, 0.3) is 5.91 Å². The third-order valence-corrected chi connectivity index (χ3v) is 9.08. The number of aliphatic hydroxyl groups excluding tert-OH is 1. The first-order valence-electron chi connectivity index (χ1n) is 14.1. The first kappa shape index (κ1) is 31.2. The fraction of sp³-hybridized carbons (Fsp3) is 0.552. The second-order valence-electron chi connectivity index (χ2n) is 11.6. The number of esters is 2. The lowest BCUT2D eigenvalue weighted by Gasteiger charge is -2.61. The molecule has 2 aliphatic heterocycles. The number of carboxylic acids is 2. The van der Waals surface area contributed by atoms with E-state index in [2.05, 4.69) is 4.90 Å². The highest BCUT2D eigenvalue weighted by Crippen LogP contribution is 2.65. The van der Waals surface area contributed by atoms with Crippen molar-refractivity contribution in [1.82, 2.24) is 10.2 Å². The van der Waals surface area contributed by atoms with Crippen molar-refractivity contribution in [1.29, 1.82) is 0 Å². The Balaban J connectivity index is 1.27. The third kappa shape index (κ3) is 4.94. The number of hydrogen-bond donors (Lipinski definition) is 5. The highest BCUT2D eigenvalue weighted by molar-refractivity contribution is 5.90. The molecular formula is C29H34N2O13. The Hall–Kier alpha value is -4.21. The van der Waals surface area contributed by atoms with Crippen LogP contribution >= 0.6 is 0 Å². The number of nitrogens with zero attached hydrogens (tertiary/aromatic N) is 1. The predicted octanol–water partition coefficient (Wildman–Crippen LogP) is -0.757. The minimum absolute atomic E-state index is 0.125. The molecule has 1 aromatic rings. The summed E-state index contributed by atoms with van der Waals surface area (Å²) in [5, 5.41) is 42.4. The van der Waals surface area contributed by atoms with Crippen molar-refractivity contribution in [2.75, 3.05) is 20.7 Å². The molecule has 0 radical (unpaired) electrons. The van der Waals surface area contributed by atoms with Crippen molar-refractivity contribution in [3.8, 4) is 11.5 Å². The van der Waals surface area contributed by atoms with Gasteiger partial charge in [-0.3, -0.25) is 14.4 Å². The van der Waals surface area contributed by atoms with E-state index in [1.54, 1.807) is 12.1 Å². The van der Waals surface area contributed by atoms with Crippen molar-refractivity contribution < 1.29 is 63.3 Å². The van der Waals surface area contributed by atoms with Crippen molar-refractivity contribution >= 4 is 29.8 Å². The van der Waals surface area contributed by atoms with E-state index in [0.717, 1.165) is 18.1 Å². The molecule has 0 unspecified atom stereocenters. The number of piperidine rings is 1. The number of methoxy groups -OCH3 is 1. The second kappa shape index (κ2) is 11.4. The molecule has 2 heterocycles. The average molecular weight is 619 g/mol. The molecule has 15 nitrogen and oxygen atoms in total. The number of aliphatic hydroxyl groups is 2. The van der Waals surface area contributed by atoms with E-state index in [9.17, 15) is 34.2 Å². The number of carbonyl (C=O) groups excluding carboxylic acids is 3. The summed E-state index contributed by atoms with van der Waals surface area (Å²) in [7, 11) is 3.47. The van der Waals surface area contributed by atoms with Gasteiger partial charge in [0.1, 0.15) is 11.8 Å². The maximum absolute atomic E-state index is 12.9. The zero-order chi connectivity index (χ0) is 32.1. The van der Waals surface area contributed by atoms with E-state index in [4.69, 9.17) is 29.2 Å².